The van der Waals surface area contributed by atoms with Crippen molar-refractivity contribution in [3.8, 4) is 0 Å². The highest BCUT2D eigenvalue weighted by atomic mass is 16.2. The summed E-state index contributed by atoms with van der Waals surface area (Å²) >= 11 is 0. The fourth-order valence-corrected chi connectivity index (χ4v) is 3.57. The van der Waals surface area contributed by atoms with Crippen LogP contribution in [0.4, 0.5) is 0 Å². The molecule has 26 heavy (non-hydrogen) atoms. The number of hydrogen-bond acceptors (Lipinski definition) is 3. The SMILES string of the molecule is CN=C(NC1CC1c1ccccc1)N1CCN(CC(=O)NC(C)C)CC1. The van der Waals surface area contributed by atoms with E-state index >= 15 is 0 Å². The Morgan fingerprint density at radius 3 is 2.50 bits per heavy atom. The van der Waals surface area contributed by atoms with E-state index < -0.39 is 0 Å². The molecule has 2 atom stereocenters. The van der Waals surface area contributed by atoms with Gasteiger partial charge >= 0.3 is 0 Å². The Bertz CT molecular complexity index is 622. The third kappa shape index (κ3) is 4.97. The molecule has 142 valence electrons. The number of rotatable bonds is 5. The topological polar surface area (TPSA) is 60.0 Å². The smallest absolute Gasteiger partial charge is 0.234 e. The first-order valence-electron chi connectivity index (χ1n) is 9.61. The second-order valence-corrected chi connectivity index (χ2v) is 7.54. The predicted octanol–water partition coefficient (Wildman–Crippen LogP) is 1.26. The Kier molecular flexibility index (Phi) is 6.14. The zero-order valence-corrected chi connectivity index (χ0v) is 16.1. The van der Waals surface area contributed by atoms with Gasteiger partial charge in [0, 0.05) is 51.2 Å². The van der Waals surface area contributed by atoms with Gasteiger partial charge < -0.3 is 15.5 Å². The normalized spacial score (nSPS) is 23.8. The number of aliphatic imine (C=N–C) groups is 1. The van der Waals surface area contributed by atoms with E-state index in [9.17, 15) is 4.79 Å². The van der Waals surface area contributed by atoms with Gasteiger partial charge in [-0.05, 0) is 25.8 Å². The summed E-state index contributed by atoms with van der Waals surface area (Å²) in [6.07, 6.45) is 1.17. The van der Waals surface area contributed by atoms with E-state index in [1.807, 2.05) is 20.9 Å². The van der Waals surface area contributed by atoms with E-state index in [0.717, 1.165) is 32.1 Å². The van der Waals surface area contributed by atoms with Crippen LogP contribution in [0.3, 0.4) is 0 Å². The quantitative estimate of drug-likeness (QED) is 0.615. The molecule has 1 amide bonds. The van der Waals surface area contributed by atoms with Crippen molar-refractivity contribution in [2.45, 2.75) is 38.3 Å². The zero-order valence-electron chi connectivity index (χ0n) is 16.1. The van der Waals surface area contributed by atoms with Crippen molar-refractivity contribution in [3.05, 3.63) is 35.9 Å². The Morgan fingerprint density at radius 2 is 1.88 bits per heavy atom. The summed E-state index contributed by atoms with van der Waals surface area (Å²) in [5.74, 6) is 1.69. The van der Waals surface area contributed by atoms with Crippen LogP contribution in [0.25, 0.3) is 0 Å². The van der Waals surface area contributed by atoms with Crippen LogP contribution in [-0.2, 0) is 4.79 Å². The van der Waals surface area contributed by atoms with E-state index in [1.54, 1.807) is 0 Å². The Balaban J connectivity index is 1.44. The van der Waals surface area contributed by atoms with Crippen LogP contribution in [0, 0.1) is 0 Å². The molecular formula is C20H31N5O. The summed E-state index contributed by atoms with van der Waals surface area (Å²) in [5.41, 5.74) is 1.40. The fraction of sp³-hybridized carbons (Fsp3) is 0.600. The molecule has 1 aliphatic heterocycles. The number of guanidine groups is 1. The van der Waals surface area contributed by atoms with Crippen molar-refractivity contribution in [2.24, 2.45) is 4.99 Å². The number of amides is 1. The molecule has 0 bridgehead atoms. The molecule has 6 heteroatoms. The molecule has 2 N–H and O–H groups in total. The summed E-state index contributed by atoms with van der Waals surface area (Å²) in [6.45, 7) is 8.04. The highest BCUT2D eigenvalue weighted by Crippen LogP contribution is 2.40. The van der Waals surface area contributed by atoms with Crippen molar-refractivity contribution in [1.82, 2.24) is 20.4 Å². The van der Waals surface area contributed by atoms with E-state index in [2.05, 4.69) is 55.8 Å². The summed E-state index contributed by atoms with van der Waals surface area (Å²) in [6, 6.07) is 11.4. The summed E-state index contributed by atoms with van der Waals surface area (Å²) < 4.78 is 0. The number of nitrogens with zero attached hydrogens (tertiary/aromatic N) is 3. The van der Waals surface area contributed by atoms with Gasteiger partial charge in [0.25, 0.3) is 0 Å². The third-order valence-electron chi connectivity index (χ3n) is 5.03. The lowest BCUT2D eigenvalue weighted by Gasteiger charge is -2.36. The van der Waals surface area contributed by atoms with Crippen LogP contribution in [0.2, 0.25) is 0 Å². The molecule has 6 nitrogen and oxygen atoms in total. The fourth-order valence-electron chi connectivity index (χ4n) is 3.57. The van der Waals surface area contributed by atoms with Gasteiger partial charge in [-0.25, -0.2) is 0 Å². The van der Waals surface area contributed by atoms with Crippen molar-refractivity contribution < 1.29 is 4.79 Å². The van der Waals surface area contributed by atoms with Gasteiger partial charge in [-0.15, -0.1) is 0 Å². The highest BCUT2D eigenvalue weighted by Gasteiger charge is 2.39. The number of piperazine rings is 1. The van der Waals surface area contributed by atoms with Gasteiger partial charge in [-0.2, -0.15) is 0 Å². The summed E-state index contributed by atoms with van der Waals surface area (Å²) in [5, 5.41) is 6.58. The average molecular weight is 358 g/mol. The van der Waals surface area contributed by atoms with Crippen LogP contribution in [-0.4, -0.2) is 73.5 Å². The third-order valence-corrected chi connectivity index (χ3v) is 5.03. The maximum absolute atomic E-state index is 11.9. The van der Waals surface area contributed by atoms with E-state index in [0.29, 0.717) is 18.5 Å². The van der Waals surface area contributed by atoms with Crippen LogP contribution < -0.4 is 10.6 Å². The Labute approximate surface area is 156 Å². The molecule has 1 heterocycles. The van der Waals surface area contributed by atoms with Crippen LogP contribution >= 0.6 is 0 Å². The standard InChI is InChI=1S/C20H31N5O/c1-15(2)22-19(26)14-24-9-11-25(12-10-24)20(21-3)23-18-13-17(18)16-7-5-4-6-8-16/h4-8,15,17-18H,9-14H2,1-3H3,(H,21,23)(H,22,26). The average Bonchev–Trinajstić information content (AvgIpc) is 3.40. The lowest BCUT2D eigenvalue weighted by Crippen LogP contribution is -2.54. The van der Waals surface area contributed by atoms with Gasteiger partial charge in [0.05, 0.1) is 6.54 Å². The number of carbonyl (C=O) groups excluding carboxylic acids is 1. The van der Waals surface area contributed by atoms with E-state index in [4.69, 9.17) is 0 Å². The molecule has 1 aromatic carbocycles. The lowest BCUT2D eigenvalue weighted by atomic mass is 10.1. The van der Waals surface area contributed by atoms with Gasteiger partial charge in [0.2, 0.25) is 5.91 Å². The van der Waals surface area contributed by atoms with Crippen molar-refractivity contribution in [2.75, 3.05) is 39.8 Å². The molecule has 1 aromatic rings. The van der Waals surface area contributed by atoms with Gasteiger partial charge in [0.1, 0.15) is 0 Å². The van der Waals surface area contributed by atoms with E-state index in [1.165, 1.54) is 12.0 Å². The first-order chi connectivity index (χ1) is 12.6. The number of benzene rings is 1. The first-order valence-corrected chi connectivity index (χ1v) is 9.61. The molecule has 1 saturated heterocycles. The molecule has 2 fully saturated rings. The molecule has 0 aromatic heterocycles. The minimum atomic E-state index is 0.111. The van der Waals surface area contributed by atoms with Gasteiger partial charge in [-0.3, -0.25) is 14.7 Å². The zero-order chi connectivity index (χ0) is 18.5. The van der Waals surface area contributed by atoms with Crippen molar-refractivity contribution in [1.29, 1.82) is 0 Å². The maximum Gasteiger partial charge on any atom is 0.234 e. The molecule has 3 rings (SSSR count). The first kappa shape index (κ1) is 18.7. The van der Waals surface area contributed by atoms with Gasteiger partial charge in [-0.1, -0.05) is 30.3 Å². The predicted molar refractivity (Wildman–Crippen MR) is 105 cm³/mol. The maximum atomic E-state index is 11.9. The number of carbonyl (C=O) groups is 1. The summed E-state index contributed by atoms with van der Waals surface area (Å²) in [4.78, 5) is 20.9. The number of nitrogens with one attached hydrogen (secondary N) is 2. The molecule has 2 aliphatic rings. The molecular weight excluding hydrogens is 326 g/mol. The molecule has 1 saturated carbocycles. The molecule has 1 aliphatic carbocycles. The van der Waals surface area contributed by atoms with Crippen molar-refractivity contribution >= 4 is 11.9 Å². The molecule has 2 unspecified atom stereocenters. The second kappa shape index (κ2) is 8.54. The minimum absolute atomic E-state index is 0.111. The minimum Gasteiger partial charge on any atom is -0.353 e. The second-order valence-electron chi connectivity index (χ2n) is 7.54. The Morgan fingerprint density at radius 1 is 1.19 bits per heavy atom. The van der Waals surface area contributed by atoms with Crippen LogP contribution in [0.5, 0.6) is 0 Å². The number of hydrogen-bond donors (Lipinski definition) is 2. The monoisotopic (exact) mass is 357 g/mol. The molecule has 0 radical (unpaired) electrons. The Hall–Kier alpha value is -2.08. The summed E-state index contributed by atoms with van der Waals surface area (Å²) in [7, 11) is 1.85. The van der Waals surface area contributed by atoms with Crippen LogP contribution in [0.1, 0.15) is 31.7 Å². The highest BCUT2D eigenvalue weighted by molar-refractivity contribution is 5.81. The van der Waals surface area contributed by atoms with E-state index in [-0.39, 0.29) is 11.9 Å². The van der Waals surface area contributed by atoms with Crippen LogP contribution in [0.15, 0.2) is 35.3 Å². The largest absolute Gasteiger partial charge is 0.353 e. The lowest BCUT2D eigenvalue weighted by molar-refractivity contribution is -0.123. The van der Waals surface area contributed by atoms with Crippen molar-refractivity contribution in [3.63, 3.8) is 0 Å². The molecule has 0 spiro atoms. The van der Waals surface area contributed by atoms with Gasteiger partial charge in [0.15, 0.2) is 5.96 Å².